The van der Waals surface area contributed by atoms with E-state index in [1.807, 2.05) is 24.3 Å². The van der Waals surface area contributed by atoms with Gasteiger partial charge in [0.05, 0.1) is 11.1 Å². The molecule has 2 aromatic carbocycles. The largest absolute Gasteiger partial charge is 0.507 e. The fourth-order valence-electron chi connectivity index (χ4n) is 3.16. The maximum atomic E-state index is 13.6. The van der Waals surface area contributed by atoms with Crippen molar-refractivity contribution in [3.8, 4) is 17.1 Å². The molecule has 0 bridgehead atoms. The van der Waals surface area contributed by atoms with Gasteiger partial charge in [-0.1, -0.05) is 12.1 Å². The standard InChI is InChI=1S/C19H19FN4O/c20-12-7-8-17(25)15(10-12)19-23-16-6-2-1-5-14(16)18(24-19)22-13-4-3-9-21-11-13/h1-2,5-8,10,13,21,25H,3-4,9,11H2,(H,22,23,24)/t13-/m1/s1. The number of nitrogens with one attached hydrogen (secondary N) is 2. The summed E-state index contributed by atoms with van der Waals surface area (Å²) in [6.45, 7) is 1.91. The number of halogens is 1. The molecule has 0 aliphatic carbocycles. The number of anilines is 1. The van der Waals surface area contributed by atoms with Crippen molar-refractivity contribution in [2.75, 3.05) is 18.4 Å². The second-order valence-corrected chi connectivity index (χ2v) is 6.26. The minimum Gasteiger partial charge on any atom is -0.507 e. The van der Waals surface area contributed by atoms with E-state index in [1.54, 1.807) is 0 Å². The Morgan fingerprint density at radius 3 is 2.88 bits per heavy atom. The van der Waals surface area contributed by atoms with E-state index < -0.39 is 5.82 Å². The smallest absolute Gasteiger partial charge is 0.165 e. The van der Waals surface area contributed by atoms with Crippen LogP contribution < -0.4 is 10.6 Å². The van der Waals surface area contributed by atoms with Crippen LogP contribution in [0.1, 0.15) is 12.8 Å². The molecule has 3 aromatic rings. The highest BCUT2D eigenvalue weighted by molar-refractivity contribution is 5.91. The van der Waals surface area contributed by atoms with Crippen LogP contribution in [0.25, 0.3) is 22.3 Å². The van der Waals surface area contributed by atoms with Gasteiger partial charge in [-0.3, -0.25) is 0 Å². The third kappa shape index (κ3) is 3.25. The molecule has 0 radical (unpaired) electrons. The normalized spacial score (nSPS) is 17.6. The first-order chi connectivity index (χ1) is 12.2. The van der Waals surface area contributed by atoms with Crippen LogP contribution >= 0.6 is 0 Å². The number of hydrogen-bond acceptors (Lipinski definition) is 5. The minimum atomic E-state index is -0.435. The van der Waals surface area contributed by atoms with Crippen LogP contribution in [0.2, 0.25) is 0 Å². The van der Waals surface area contributed by atoms with Gasteiger partial charge in [0, 0.05) is 18.0 Å². The molecule has 0 saturated carbocycles. The number of fused-ring (bicyclic) bond motifs is 1. The molecule has 1 atom stereocenters. The van der Waals surface area contributed by atoms with E-state index in [4.69, 9.17) is 0 Å². The zero-order chi connectivity index (χ0) is 17.2. The van der Waals surface area contributed by atoms with Crippen LogP contribution in [0.4, 0.5) is 10.2 Å². The van der Waals surface area contributed by atoms with Crippen LogP contribution in [-0.2, 0) is 0 Å². The van der Waals surface area contributed by atoms with Crippen molar-refractivity contribution in [2.24, 2.45) is 0 Å². The molecule has 6 heteroatoms. The van der Waals surface area contributed by atoms with Crippen molar-refractivity contribution in [1.82, 2.24) is 15.3 Å². The van der Waals surface area contributed by atoms with Crippen molar-refractivity contribution in [3.63, 3.8) is 0 Å². The van der Waals surface area contributed by atoms with Crippen LogP contribution in [0, 0.1) is 5.82 Å². The minimum absolute atomic E-state index is 0.0398. The van der Waals surface area contributed by atoms with Crippen molar-refractivity contribution < 1.29 is 9.50 Å². The van der Waals surface area contributed by atoms with Gasteiger partial charge in [-0.25, -0.2) is 14.4 Å². The Morgan fingerprint density at radius 2 is 2.04 bits per heavy atom. The molecule has 128 valence electrons. The predicted octanol–water partition coefficient (Wildman–Crippen LogP) is 3.31. The van der Waals surface area contributed by atoms with E-state index in [2.05, 4.69) is 20.6 Å². The first kappa shape index (κ1) is 15.8. The quantitative estimate of drug-likeness (QED) is 0.683. The molecule has 1 aliphatic rings. The molecule has 25 heavy (non-hydrogen) atoms. The number of aromatic hydroxyl groups is 1. The van der Waals surface area contributed by atoms with Crippen molar-refractivity contribution in [3.05, 3.63) is 48.3 Å². The number of hydrogen-bond donors (Lipinski definition) is 3. The third-order valence-electron chi connectivity index (χ3n) is 4.44. The summed E-state index contributed by atoms with van der Waals surface area (Å²) in [7, 11) is 0. The summed E-state index contributed by atoms with van der Waals surface area (Å²) in [5.74, 6) is 0.539. The number of piperidine rings is 1. The Hall–Kier alpha value is -2.73. The molecular formula is C19H19FN4O. The predicted molar refractivity (Wildman–Crippen MR) is 96.1 cm³/mol. The monoisotopic (exact) mass is 338 g/mol. The van der Waals surface area contributed by atoms with Crippen LogP contribution in [-0.4, -0.2) is 34.2 Å². The number of aromatic nitrogens is 2. The molecule has 0 unspecified atom stereocenters. The number of benzene rings is 2. The van der Waals surface area contributed by atoms with E-state index in [0.717, 1.165) is 36.8 Å². The molecule has 5 nitrogen and oxygen atoms in total. The summed E-state index contributed by atoms with van der Waals surface area (Å²) >= 11 is 0. The summed E-state index contributed by atoms with van der Waals surface area (Å²) in [6.07, 6.45) is 2.17. The lowest BCUT2D eigenvalue weighted by molar-refractivity contribution is 0.474. The average molecular weight is 338 g/mol. The van der Waals surface area contributed by atoms with Gasteiger partial charge in [-0.15, -0.1) is 0 Å². The Kier molecular flexibility index (Phi) is 4.19. The van der Waals surface area contributed by atoms with Gasteiger partial charge >= 0.3 is 0 Å². The highest BCUT2D eigenvalue weighted by Gasteiger charge is 2.17. The van der Waals surface area contributed by atoms with E-state index in [-0.39, 0.29) is 17.4 Å². The summed E-state index contributed by atoms with van der Waals surface area (Å²) in [5, 5.41) is 17.9. The van der Waals surface area contributed by atoms with E-state index in [0.29, 0.717) is 11.6 Å². The SMILES string of the molecule is Oc1ccc(F)cc1-c1nc(N[C@@H]2CCCNC2)c2ccccc2n1. The van der Waals surface area contributed by atoms with Crippen LogP contribution in [0.3, 0.4) is 0 Å². The third-order valence-corrected chi connectivity index (χ3v) is 4.44. The summed E-state index contributed by atoms with van der Waals surface area (Å²) in [6, 6.07) is 11.8. The number of phenolic OH excluding ortho intramolecular Hbond substituents is 1. The van der Waals surface area contributed by atoms with E-state index in [1.165, 1.54) is 18.2 Å². The second kappa shape index (κ2) is 6.64. The molecule has 1 aromatic heterocycles. The van der Waals surface area contributed by atoms with Crippen molar-refractivity contribution in [1.29, 1.82) is 0 Å². The lowest BCUT2D eigenvalue weighted by Gasteiger charge is -2.25. The second-order valence-electron chi connectivity index (χ2n) is 6.26. The molecule has 3 N–H and O–H groups in total. The van der Waals surface area contributed by atoms with Gasteiger partial charge in [0.25, 0.3) is 0 Å². The van der Waals surface area contributed by atoms with Gasteiger partial charge in [0.15, 0.2) is 5.82 Å². The molecular weight excluding hydrogens is 319 g/mol. The Morgan fingerprint density at radius 1 is 1.16 bits per heavy atom. The van der Waals surface area contributed by atoms with Gasteiger partial charge < -0.3 is 15.7 Å². The fourth-order valence-corrected chi connectivity index (χ4v) is 3.16. The van der Waals surface area contributed by atoms with Gasteiger partial charge in [0.2, 0.25) is 0 Å². The van der Waals surface area contributed by atoms with Gasteiger partial charge in [0.1, 0.15) is 17.4 Å². The number of nitrogens with zero attached hydrogens (tertiary/aromatic N) is 2. The highest BCUT2D eigenvalue weighted by atomic mass is 19.1. The number of rotatable bonds is 3. The Labute approximate surface area is 144 Å². The topological polar surface area (TPSA) is 70.1 Å². The summed E-state index contributed by atoms with van der Waals surface area (Å²) < 4.78 is 13.6. The first-order valence-electron chi connectivity index (χ1n) is 8.43. The molecule has 2 heterocycles. The van der Waals surface area contributed by atoms with Crippen molar-refractivity contribution >= 4 is 16.7 Å². The lowest BCUT2D eigenvalue weighted by atomic mass is 10.1. The maximum absolute atomic E-state index is 13.6. The Bertz CT molecular complexity index is 909. The van der Waals surface area contributed by atoms with Crippen LogP contribution in [0.5, 0.6) is 5.75 Å². The van der Waals surface area contributed by atoms with Gasteiger partial charge in [-0.2, -0.15) is 0 Å². The molecule has 4 rings (SSSR count). The molecule has 0 spiro atoms. The molecule has 1 aliphatic heterocycles. The zero-order valence-corrected chi connectivity index (χ0v) is 13.7. The Balaban J connectivity index is 1.81. The van der Waals surface area contributed by atoms with E-state index >= 15 is 0 Å². The molecule has 0 amide bonds. The highest BCUT2D eigenvalue weighted by Crippen LogP contribution is 2.31. The lowest BCUT2D eigenvalue weighted by Crippen LogP contribution is -2.38. The maximum Gasteiger partial charge on any atom is 0.165 e. The molecule has 1 saturated heterocycles. The first-order valence-corrected chi connectivity index (χ1v) is 8.43. The fraction of sp³-hybridized carbons (Fsp3) is 0.263. The van der Waals surface area contributed by atoms with Crippen LogP contribution in [0.15, 0.2) is 42.5 Å². The van der Waals surface area contributed by atoms with E-state index in [9.17, 15) is 9.50 Å². The summed E-state index contributed by atoms with van der Waals surface area (Å²) in [4.78, 5) is 9.10. The number of para-hydroxylation sites is 1. The number of phenols is 1. The van der Waals surface area contributed by atoms with Gasteiger partial charge in [-0.05, 0) is 49.7 Å². The molecule has 1 fully saturated rings. The zero-order valence-electron chi connectivity index (χ0n) is 13.7. The summed E-state index contributed by atoms with van der Waals surface area (Å²) in [5.41, 5.74) is 1.04. The average Bonchev–Trinajstić information content (AvgIpc) is 2.64. The van der Waals surface area contributed by atoms with Crippen molar-refractivity contribution in [2.45, 2.75) is 18.9 Å².